The van der Waals surface area contributed by atoms with Crippen molar-refractivity contribution in [2.24, 2.45) is 5.73 Å². The van der Waals surface area contributed by atoms with E-state index in [9.17, 15) is 5.11 Å². The van der Waals surface area contributed by atoms with Crippen LogP contribution in [0.3, 0.4) is 0 Å². The Kier molecular flexibility index (Phi) is 3.66. The summed E-state index contributed by atoms with van der Waals surface area (Å²) in [5.41, 5.74) is 7.14. The van der Waals surface area contributed by atoms with E-state index >= 15 is 0 Å². The minimum atomic E-state index is -0.307. The molecule has 3 rings (SSSR count). The predicted octanol–water partition coefficient (Wildman–Crippen LogP) is 1.44. The molecule has 4 N–H and O–H groups in total. The zero-order valence-corrected chi connectivity index (χ0v) is 11.1. The van der Waals surface area contributed by atoms with E-state index in [2.05, 4.69) is 15.5 Å². The first kappa shape index (κ1) is 13.1. The molecule has 2 heterocycles. The quantitative estimate of drug-likeness (QED) is 0.780. The number of phenols is 1. The number of hydrogen-bond acceptors (Lipinski definition) is 6. The van der Waals surface area contributed by atoms with Gasteiger partial charge in [0.25, 0.3) is 0 Å². The summed E-state index contributed by atoms with van der Waals surface area (Å²) in [6.07, 6.45) is 2.76. The van der Waals surface area contributed by atoms with Crippen LogP contribution in [0.5, 0.6) is 5.75 Å². The molecule has 1 aliphatic heterocycles. The highest BCUT2D eigenvalue weighted by molar-refractivity contribution is 5.26. The first-order valence-electron chi connectivity index (χ1n) is 6.83. The third-order valence-corrected chi connectivity index (χ3v) is 3.54. The molecule has 106 valence electrons. The first-order valence-corrected chi connectivity index (χ1v) is 6.83. The molecule has 6 heteroatoms. The smallest absolute Gasteiger partial charge is 0.243 e. The van der Waals surface area contributed by atoms with Gasteiger partial charge in [0, 0.05) is 0 Å². The van der Waals surface area contributed by atoms with Gasteiger partial charge in [0.2, 0.25) is 5.89 Å². The van der Waals surface area contributed by atoms with Gasteiger partial charge in [-0.25, -0.2) is 0 Å². The van der Waals surface area contributed by atoms with Gasteiger partial charge in [0.05, 0.1) is 12.1 Å². The zero-order valence-electron chi connectivity index (χ0n) is 11.1. The molecule has 6 nitrogen and oxygen atoms in total. The lowest BCUT2D eigenvalue weighted by Crippen LogP contribution is -2.16. The van der Waals surface area contributed by atoms with Crippen LogP contribution in [0.15, 0.2) is 28.8 Å². The third kappa shape index (κ3) is 2.81. The van der Waals surface area contributed by atoms with Crippen LogP contribution in [0, 0.1) is 0 Å². The van der Waals surface area contributed by atoms with Gasteiger partial charge in [-0.1, -0.05) is 17.3 Å². The summed E-state index contributed by atoms with van der Waals surface area (Å²) in [4.78, 5) is 4.39. The van der Waals surface area contributed by atoms with Crippen LogP contribution in [-0.4, -0.2) is 21.8 Å². The molecular weight excluding hydrogens is 256 g/mol. The van der Waals surface area contributed by atoms with Crippen molar-refractivity contribution in [2.45, 2.75) is 31.3 Å². The highest BCUT2D eigenvalue weighted by Crippen LogP contribution is 2.23. The van der Waals surface area contributed by atoms with Crippen molar-refractivity contribution in [1.82, 2.24) is 15.5 Å². The zero-order chi connectivity index (χ0) is 13.9. The van der Waals surface area contributed by atoms with E-state index in [0.29, 0.717) is 18.1 Å². The highest BCUT2D eigenvalue weighted by atomic mass is 16.5. The van der Waals surface area contributed by atoms with Gasteiger partial charge in [0.15, 0.2) is 5.82 Å². The maximum atomic E-state index is 9.25. The van der Waals surface area contributed by atoms with Gasteiger partial charge in [-0.15, -0.1) is 0 Å². The highest BCUT2D eigenvalue weighted by Gasteiger charge is 2.24. The lowest BCUT2D eigenvalue weighted by atomic mass is 10.1. The number of benzene rings is 1. The number of rotatable bonds is 4. The Balaban J connectivity index is 1.67. The SMILES string of the molecule is NC(Cc1ccc(O)cc1)c1noc(C2CCCN2)n1. The van der Waals surface area contributed by atoms with Crippen LogP contribution in [0.25, 0.3) is 0 Å². The molecule has 1 saturated heterocycles. The van der Waals surface area contributed by atoms with E-state index in [1.807, 2.05) is 12.1 Å². The molecule has 2 aromatic rings. The van der Waals surface area contributed by atoms with Crippen molar-refractivity contribution in [2.75, 3.05) is 6.54 Å². The van der Waals surface area contributed by atoms with Crippen LogP contribution in [0.2, 0.25) is 0 Å². The van der Waals surface area contributed by atoms with Gasteiger partial charge in [-0.2, -0.15) is 4.98 Å². The molecule has 1 aromatic heterocycles. The molecule has 0 aliphatic carbocycles. The third-order valence-electron chi connectivity index (χ3n) is 3.54. The lowest BCUT2D eigenvalue weighted by molar-refractivity contribution is 0.339. The topological polar surface area (TPSA) is 97.2 Å². The van der Waals surface area contributed by atoms with E-state index < -0.39 is 0 Å². The maximum absolute atomic E-state index is 9.25. The summed E-state index contributed by atoms with van der Waals surface area (Å²) in [5, 5.41) is 16.5. The monoisotopic (exact) mass is 274 g/mol. The number of aromatic hydroxyl groups is 1. The molecule has 2 atom stereocenters. The van der Waals surface area contributed by atoms with E-state index in [4.69, 9.17) is 10.3 Å². The van der Waals surface area contributed by atoms with Crippen molar-refractivity contribution in [3.8, 4) is 5.75 Å². The Morgan fingerprint density at radius 3 is 2.90 bits per heavy atom. The Labute approximate surface area is 117 Å². The van der Waals surface area contributed by atoms with E-state index in [1.54, 1.807) is 12.1 Å². The molecule has 2 unspecified atom stereocenters. The molecule has 1 aromatic carbocycles. The average Bonchev–Trinajstić information content (AvgIpc) is 3.11. The molecule has 20 heavy (non-hydrogen) atoms. The number of phenolic OH excluding ortho intramolecular Hbond substituents is 1. The molecule has 0 radical (unpaired) electrons. The summed E-state index contributed by atoms with van der Waals surface area (Å²) in [6.45, 7) is 0.988. The molecule has 1 fully saturated rings. The molecule has 0 bridgehead atoms. The number of aromatic nitrogens is 2. The standard InChI is InChI=1S/C14H18N4O2/c15-11(8-9-3-5-10(19)6-4-9)13-17-14(20-18-13)12-2-1-7-16-12/h3-6,11-12,16,19H,1-2,7-8,15H2. The predicted molar refractivity (Wildman–Crippen MR) is 73.0 cm³/mol. The van der Waals surface area contributed by atoms with E-state index in [-0.39, 0.29) is 17.8 Å². The van der Waals surface area contributed by atoms with Crippen molar-refractivity contribution in [1.29, 1.82) is 0 Å². The van der Waals surface area contributed by atoms with Crippen molar-refractivity contribution in [3.63, 3.8) is 0 Å². The number of nitrogens with one attached hydrogen (secondary N) is 1. The Morgan fingerprint density at radius 2 is 2.20 bits per heavy atom. The van der Waals surface area contributed by atoms with E-state index in [1.165, 1.54) is 0 Å². The fourth-order valence-corrected chi connectivity index (χ4v) is 2.41. The van der Waals surface area contributed by atoms with Crippen molar-refractivity contribution < 1.29 is 9.63 Å². The van der Waals surface area contributed by atoms with Gasteiger partial charge < -0.3 is 20.7 Å². The van der Waals surface area contributed by atoms with Crippen molar-refractivity contribution >= 4 is 0 Å². The molecule has 0 spiro atoms. The fraction of sp³-hybridized carbons (Fsp3) is 0.429. The summed E-state index contributed by atoms with van der Waals surface area (Å²) < 4.78 is 5.28. The van der Waals surface area contributed by atoms with Crippen LogP contribution in [0.1, 0.15) is 42.2 Å². The molecule has 0 amide bonds. The van der Waals surface area contributed by atoms with Crippen LogP contribution >= 0.6 is 0 Å². The van der Waals surface area contributed by atoms with Crippen LogP contribution in [-0.2, 0) is 6.42 Å². The Bertz CT molecular complexity index is 561. The second kappa shape index (κ2) is 5.60. The minimum absolute atomic E-state index is 0.164. The summed E-state index contributed by atoms with van der Waals surface area (Å²) >= 11 is 0. The van der Waals surface area contributed by atoms with Gasteiger partial charge in [-0.3, -0.25) is 0 Å². The lowest BCUT2D eigenvalue weighted by Gasteiger charge is -2.07. The van der Waals surface area contributed by atoms with Gasteiger partial charge in [0.1, 0.15) is 5.75 Å². The van der Waals surface area contributed by atoms with Crippen LogP contribution in [0.4, 0.5) is 0 Å². The van der Waals surface area contributed by atoms with E-state index in [0.717, 1.165) is 24.9 Å². The van der Waals surface area contributed by atoms with Crippen molar-refractivity contribution in [3.05, 3.63) is 41.5 Å². The summed E-state index contributed by atoms with van der Waals surface area (Å²) in [7, 11) is 0. The fourth-order valence-electron chi connectivity index (χ4n) is 2.41. The largest absolute Gasteiger partial charge is 0.508 e. The molecular formula is C14H18N4O2. The normalized spacial score (nSPS) is 20.1. The molecule has 1 aliphatic rings. The minimum Gasteiger partial charge on any atom is -0.508 e. The second-order valence-corrected chi connectivity index (χ2v) is 5.12. The Hall–Kier alpha value is -1.92. The first-order chi connectivity index (χ1) is 9.72. The van der Waals surface area contributed by atoms with Gasteiger partial charge >= 0.3 is 0 Å². The number of nitrogens with two attached hydrogens (primary N) is 1. The second-order valence-electron chi connectivity index (χ2n) is 5.12. The Morgan fingerprint density at radius 1 is 1.40 bits per heavy atom. The number of hydrogen-bond donors (Lipinski definition) is 3. The molecule has 0 saturated carbocycles. The van der Waals surface area contributed by atoms with Crippen LogP contribution < -0.4 is 11.1 Å². The number of nitrogens with zero attached hydrogens (tertiary/aromatic N) is 2. The average molecular weight is 274 g/mol. The van der Waals surface area contributed by atoms with Gasteiger partial charge in [-0.05, 0) is 43.5 Å². The maximum Gasteiger partial charge on any atom is 0.243 e. The summed E-state index contributed by atoms with van der Waals surface area (Å²) in [5.74, 6) is 1.40. The summed E-state index contributed by atoms with van der Waals surface area (Å²) in [6, 6.07) is 6.83.